The normalized spacial score (nSPS) is 10.7. The summed E-state index contributed by atoms with van der Waals surface area (Å²) in [5, 5.41) is 14.9. The van der Waals surface area contributed by atoms with Crippen LogP contribution in [0, 0.1) is 10.1 Å². The molecule has 2 aromatic carbocycles. The third-order valence-electron chi connectivity index (χ3n) is 3.68. The van der Waals surface area contributed by atoms with E-state index in [1.807, 2.05) is 18.2 Å². The van der Waals surface area contributed by atoms with Gasteiger partial charge in [-0.1, -0.05) is 41.9 Å². The second-order valence-corrected chi connectivity index (χ2v) is 5.72. The van der Waals surface area contributed by atoms with Gasteiger partial charge < -0.3 is 5.32 Å². The predicted molar refractivity (Wildman–Crippen MR) is 94.5 cm³/mol. The number of hydrogen-bond donors (Lipinski definition) is 1. The highest BCUT2D eigenvalue weighted by molar-refractivity contribution is 6.33. The molecular formula is C17H15ClN4O2. The van der Waals surface area contributed by atoms with Gasteiger partial charge in [-0.2, -0.15) is 0 Å². The number of halogens is 1. The van der Waals surface area contributed by atoms with Crippen molar-refractivity contribution in [3.05, 3.63) is 69.5 Å². The fourth-order valence-corrected chi connectivity index (χ4v) is 2.72. The fourth-order valence-electron chi connectivity index (χ4n) is 2.49. The average molecular weight is 343 g/mol. The highest BCUT2D eigenvalue weighted by Crippen LogP contribution is 2.31. The minimum absolute atomic E-state index is 0.0706. The minimum Gasteiger partial charge on any atom is -0.369 e. The van der Waals surface area contributed by atoms with Crippen molar-refractivity contribution in [1.82, 2.24) is 9.97 Å². The molecule has 0 aliphatic rings. The molecule has 0 amide bonds. The molecule has 0 aliphatic heterocycles. The number of rotatable bonds is 6. The van der Waals surface area contributed by atoms with Crippen LogP contribution in [-0.4, -0.2) is 21.4 Å². The largest absolute Gasteiger partial charge is 0.369 e. The molecule has 1 N–H and O–H groups in total. The van der Waals surface area contributed by atoms with Crippen LogP contribution in [0.5, 0.6) is 0 Å². The van der Waals surface area contributed by atoms with Crippen molar-refractivity contribution in [2.24, 2.45) is 0 Å². The Morgan fingerprint density at radius 1 is 1.17 bits per heavy atom. The number of nitro benzene ring substituents is 1. The molecule has 0 bridgehead atoms. The zero-order chi connectivity index (χ0) is 16.9. The van der Waals surface area contributed by atoms with Gasteiger partial charge >= 0.3 is 0 Å². The van der Waals surface area contributed by atoms with Crippen LogP contribution in [0.4, 0.5) is 11.5 Å². The van der Waals surface area contributed by atoms with Gasteiger partial charge in [-0.3, -0.25) is 10.1 Å². The minimum atomic E-state index is -0.506. The van der Waals surface area contributed by atoms with E-state index in [0.717, 1.165) is 12.8 Å². The van der Waals surface area contributed by atoms with Crippen LogP contribution < -0.4 is 5.32 Å². The summed E-state index contributed by atoms with van der Waals surface area (Å²) in [6.45, 7) is 0.706. The van der Waals surface area contributed by atoms with Gasteiger partial charge in [0.1, 0.15) is 17.2 Å². The van der Waals surface area contributed by atoms with Gasteiger partial charge in [0, 0.05) is 18.0 Å². The highest BCUT2D eigenvalue weighted by Gasteiger charge is 2.16. The summed E-state index contributed by atoms with van der Waals surface area (Å²) in [4.78, 5) is 18.9. The number of benzene rings is 2. The molecular weight excluding hydrogens is 328 g/mol. The Hall–Kier alpha value is -2.73. The first-order chi connectivity index (χ1) is 11.6. The van der Waals surface area contributed by atoms with E-state index in [-0.39, 0.29) is 10.7 Å². The summed E-state index contributed by atoms with van der Waals surface area (Å²) in [7, 11) is 0. The van der Waals surface area contributed by atoms with E-state index >= 15 is 0 Å². The maximum Gasteiger partial charge on any atom is 0.288 e. The van der Waals surface area contributed by atoms with Crippen molar-refractivity contribution in [3.63, 3.8) is 0 Å². The van der Waals surface area contributed by atoms with Gasteiger partial charge in [0.15, 0.2) is 0 Å². The summed E-state index contributed by atoms with van der Waals surface area (Å²) in [5.74, 6) is 0.577. The molecule has 7 heteroatoms. The van der Waals surface area contributed by atoms with Crippen LogP contribution in [0.15, 0.2) is 48.8 Å². The van der Waals surface area contributed by atoms with Crippen LogP contribution in [0.2, 0.25) is 5.02 Å². The van der Waals surface area contributed by atoms with Crippen molar-refractivity contribution < 1.29 is 4.92 Å². The smallest absolute Gasteiger partial charge is 0.288 e. The number of anilines is 1. The third-order valence-corrected chi connectivity index (χ3v) is 3.98. The first-order valence-corrected chi connectivity index (χ1v) is 7.89. The van der Waals surface area contributed by atoms with Crippen molar-refractivity contribution in [2.75, 3.05) is 11.9 Å². The van der Waals surface area contributed by atoms with E-state index in [4.69, 9.17) is 11.6 Å². The van der Waals surface area contributed by atoms with Gasteiger partial charge in [0.25, 0.3) is 5.69 Å². The first-order valence-electron chi connectivity index (χ1n) is 7.51. The Balaban J connectivity index is 1.74. The molecule has 6 nitrogen and oxygen atoms in total. The zero-order valence-corrected chi connectivity index (χ0v) is 13.5. The van der Waals surface area contributed by atoms with Crippen molar-refractivity contribution in [1.29, 1.82) is 0 Å². The van der Waals surface area contributed by atoms with Crippen LogP contribution in [0.3, 0.4) is 0 Å². The molecule has 24 heavy (non-hydrogen) atoms. The summed E-state index contributed by atoms with van der Waals surface area (Å²) in [5.41, 5.74) is 1.70. The molecule has 0 aliphatic carbocycles. The van der Waals surface area contributed by atoms with Crippen LogP contribution in [-0.2, 0) is 6.42 Å². The summed E-state index contributed by atoms with van der Waals surface area (Å²) < 4.78 is 0. The summed E-state index contributed by atoms with van der Waals surface area (Å²) in [6.07, 6.45) is 3.29. The Bertz CT molecular complexity index is 871. The van der Waals surface area contributed by atoms with Gasteiger partial charge in [-0.25, -0.2) is 9.97 Å². The third kappa shape index (κ3) is 3.60. The molecule has 0 unspecified atom stereocenters. The molecule has 0 saturated heterocycles. The van der Waals surface area contributed by atoms with E-state index < -0.39 is 4.92 Å². The Morgan fingerprint density at radius 3 is 2.71 bits per heavy atom. The fraction of sp³-hybridized carbons (Fsp3) is 0.176. The maximum atomic E-state index is 11.1. The molecule has 3 aromatic rings. The maximum absolute atomic E-state index is 11.1. The monoisotopic (exact) mass is 342 g/mol. The van der Waals surface area contributed by atoms with Gasteiger partial charge in [0.2, 0.25) is 0 Å². The van der Waals surface area contributed by atoms with Crippen LogP contribution in [0.1, 0.15) is 12.0 Å². The molecule has 1 aromatic heterocycles. The zero-order valence-electron chi connectivity index (χ0n) is 12.8. The number of nitrogens with one attached hydrogen (secondary N) is 1. The van der Waals surface area contributed by atoms with Crippen molar-refractivity contribution >= 4 is 34.0 Å². The lowest BCUT2D eigenvalue weighted by atomic mass is 10.1. The van der Waals surface area contributed by atoms with Gasteiger partial charge in [-0.15, -0.1) is 0 Å². The lowest BCUT2D eigenvalue weighted by molar-refractivity contribution is -0.384. The SMILES string of the molecule is O=[N+]([O-])c1cc2c(NCCCc3ccccc3)ncnc2cc1Cl. The molecule has 122 valence electrons. The molecule has 3 rings (SSSR count). The molecule has 0 atom stereocenters. The number of hydrogen-bond acceptors (Lipinski definition) is 5. The molecule has 1 heterocycles. The van der Waals surface area contributed by atoms with E-state index in [1.54, 1.807) is 0 Å². The summed E-state index contributed by atoms with van der Waals surface area (Å²) in [6, 6.07) is 13.1. The Kier molecular flexibility index (Phi) is 4.86. The Morgan fingerprint density at radius 2 is 1.96 bits per heavy atom. The quantitative estimate of drug-likeness (QED) is 0.411. The number of fused-ring (bicyclic) bond motifs is 1. The van der Waals surface area contributed by atoms with Crippen LogP contribution >= 0.6 is 11.6 Å². The topological polar surface area (TPSA) is 81.0 Å². The van der Waals surface area contributed by atoms with Crippen LogP contribution in [0.25, 0.3) is 10.9 Å². The van der Waals surface area contributed by atoms with E-state index in [2.05, 4.69) is 27.4 Å². The van der Waals surface area contributed by atoms with Gasteiger partial charge in [0.05, 0.1) is 10.4 Å². The second-order valence-electron chi connectivity index (χ2n) is 5.32. The first kappa shape index (κ1) is 16.1. The molecule has 0 radical (unpaired) electrons. The molecule has 0 saturated carbocycles. The number of nitro groups is 1. The highest BCUT2D eigenvalue weighted by atomic mass is 35.5. The number of aromatic nitrogens is 2. The standard InChI is InChI=1S/C17H15ClN4O2/c18-14-10-15-13(9-16(14)22(23)24)17(21-11-20-15)19-8-4-7-12-5-2-1-3-6-12/h1-3,5-6,9-11H,4,7-8H2,(H,19,20,21). The van der Waals surface area contributed by atoms with E-state index in [9.17, 15) is 10.1 Å². The number of aryl methyl sites for hydroxylation is 1. The Labute approximate surface area is 143 Å². The number of nitrogens with zero attached hydrogens (tertiary/aromatic N) is 3. The lowest BCUT2D eigenvalue weighted by Crippen LogP contribution is -2.06. The second kappa shape index (κ2) is 7.23. The average Bonchev–Trinajstić information content (AvgIpc) is 2.58. The predicted octanol–water partition coefficient (Wildman–Crippen LogP) is 4.24. The van der Waals surface area contributed by atoms with Crippen molar-refractivity contribution in [3.8, 4) is 0 Å². The summed E-state index contributed by atoms with van der Waals surface area (Å²) >= 11 is 5.92. The molecule has 0 fully saturated rings. The van der Waals surface area contributed by atoms with Gasteiger partial charge in [-0.05, 0) is 24.5 Å². The van der Waals surface area contributed by atoms with E-state index in [0.29, 0.717) is 23.3 Å². The molecule has 0 spiro atoms. The lowest BCUT2D eigenvalue weighted by Gasteiger charge is -2.08. The van der Waals surface area contributed by atoms with E-state index in [1.165, 1.54) is 24.0 Å². The van der Waals surface area contributed by atoms with Crippen molar-refractivity contribution in [2.45, 2.75) is 12.8 Å².